The van der Waals surface area contributed by atoms with Gasteiger partial charge in [0.25, 0.3) is 5.56 Å². The van der Waals surface area contributed by atoms with Gasteiger partial charge in [0, 0.05) is 43.6 Å². The van der Waals surface area contributed by atoms with E-state index in [4.69, 9.17) is 0 Å². The Balaban J connectivity index is 1.57. The minimum atomic E-state index is -0.158. The molecule has 0 unspecified atom stereocenters. The minimum Gasteiger partial charge on any atom is -0.368 e. The number of anilines is 1. The Labute approximate surface area is 147 Å². The van der Waals surface area contributed by atoms with Crippen molar-refractivity contribution < 1.29 is 4.79 Å². The number of benzene rings is 1. The highest BCUT2D eigenvalue weighted by Crippen LogP contribution is 2.15. The maximum Gasteiger partial charge on any atom is 0.253 e. The molecule has 1 aliphatic rings. The number of carbonyl (C=O) groups is 1. The molecule has 1 aromatic heterocycles. The minimum absolute atomic E-state index is 0.0279. The molecule has 1 aliphatic heterocycles. The molecule has 0 saturated carbocycles. The molecule has 2 heterocycles. The van der Waals surface area contributed by atoms with Gasteiger partial charge < -0.3 is 9.80 Å². The summed E-state index contributed by atoms with van der Waals surface area (Å²) in [6.07, 6.45) is 3.22. The van der Waals surface area contributed by atoms with Crippen LogP contribution in [0.25, 0.3) is 0 Å². The number of nitrogens with zero attached hydrogens (tertiary/aromatic N) is 4. The highest BCUT2D eigenvalue weighted by atomic mass is 16.2. The number of hydrogen-bond donors (Lipinski definition) is 0. The quantitative estimate of drug-likeness (QED) is 0.829. The lowest BCUT2D eigenvalue weighted by Crippen LogP contribution is -2.50. The SMILES string of the molecule is CCCc1cc(=O)n(CC(=O)N2CCN(c3ccccc3)CC2)cn1. The van der Waals surface area contributed by atoms with Crippen LogP contribution in [-0.2, 0) is 17.8 Å². The number of amides is 1. The zero-order chi connectivity index (χ0) is 17.6. The molecule has 0 atom stereocenters. The molecule has 25 heavy (non-hydrogen) atoms. The Kier molecular flexibility index (Phi) is 5.48. The molecule has 1 aromatic carbocycles. The predicted molar refractivity (Wildman–Crippen MR) is 97.7 cm³/mol. The van der Waals surface area contributed by atoms with Crippen molar-refractivity contribution in [3.05, 3.63) is 58.8 Å². The van der Waals surface area contributed by atoms with Crippen LogP contribution in [0.15, 0.2) is 47.5 Å². The van der Waals surface area contributed by atoms with E-state index >= 15 is 0 Å². The zero-order valence-electron chi connectivity index (χ0n) is 14.6. The Hall–Kier alpha value is -2.63. The van der Waals surface area contributed by atoms with Gasteiger partial charge in [0.05, 0.1) is 6.33 Å². The number of rotatable bonds is 5. The summed E-state index contributed by atoms with van der Waals surface area (Å²) in [5.41, 5.74) is 1.81. The van der Waals surface area contributed by atoms with Crippen LogP contribution in [0.4, 0.5) is 5.69 Å². The molecule has 0 aliphatic carbocycles. The van der Waals surface area contributed by atoms with Gasteiger partial charge in [0.1, 0.15) is 6.54 Å². The van der Waals surface area contributed by atoms with Crippen molar-refractivity contribution in [3.8, 4) is 0 Å². The molecule has 0 spiro atoms. The van der Waals surface area contributed by atoms with Gasteiger partial charge in [-0.3, -0.25) is 14.2 Å². The molecule has 0 N–H and O–H groups in total. The Morgan fingerprint density at radius 2 is 1.84 bits per heavy atom. The van der Waals surface area contributed by atoms with Crippen LogP contribution in [-0.4, -0.2) is 46.5 Å². The molecular formula is C19H24N4O2. The molecule has 0 bridgehead atoms. The van der Waals surface area contributed by atoms with E-state index in [1.54, 1.807) is 0 Å². The number of hydrogen-bond acceptors (Lipinski definition) is 4. The van der Waals surface area contributed by atoms with Crippen LogP contribution in [0.5, 0.6) is 0 Å². The first-order valence-electron chi connectivity index (χ1n) is 8.80. The van der Waals surface area contributed by atoms with Gasteiger partial charge in [-0.2, -0.15) is 0 Å². The lowest BCUT2D eigenvalue weighted by atomic mass is 10.2. The number of para-hydroxylation sites is 1. The topological polar surface area (TPSA) is 58.4 Å². The summed E-state index contributed by atoms with van der Waals surface area (Å²) in [7, 11) is 0. The third kappa shape index (κ3) is 4.26. The fourth-order valence-corrected chi connectivity index (χ4v) is 3.07. The van der Waals surface area contributed by atoms with E-state index in [-0.39, 0.29) is 18.0 Å². The summed E-state index contributed by atoms with van der Waals surface area (Å²) in [6, 6.07) is 11.7. The average molecular weight is 340 g/mol. The second-order valence-corrected chi connectivity index (χ2v) is 6.30. The third-order valence-electron chi connectivity index (χ3n) is 4.50. The van der Waals surface area contributed by atoms with Crippen LogP contribution >= 0.6 is 0 Å². The number of carbonyl (C=O) groups excluding carboxylic acids is 1. The Morgan fingerprint density at radius 3 is 2.48 bits per heavy atom. The normalized spacial score (nSPS) is 14.6. The second kappa shape index (κ2) is 7.96. The van der Waals surface area contributed by atoms with E-state index in [9.17, 15) is 9.59 Å². The van der Waals surface area contributed by atoms with Crippen molar-refractivity contribution in [3.63, 3.8) is 0 Å². The molecule has 0 radical (unpaired) electrons. The van der Waals surface area contributed by atoms with E-state index in [0.717, 1.165) is 31.6 Å². The van der Waals surface area contributed by atoms with Crippen molar-refractivity contribution in [2.24, 2.45) is 0 Å². The molecule has 1 saturated heterocycles. The molecule has 6 heteroatoms. The van der Waals surface area contributed by atoms with Crippen molar-refractivity contribution in [1.82, 2.24) is 14.5 Å². The van der Waals surface area contributed by atoms with Crippen molar-refractivity contribution in [2.75, 3.05) is 31.1 Å². The van der Waals surface area contributed by atoms with Crippen LogP contribution in [0, 0.1) is 0 Å². The fourth-order valence-electron chi connectivity index (χ4n) is 3.07. The maximum absolute atomic E-state index is 12.5. The number of aromatic nitrogens is 2. The summed E-state index contributed by atoms with van der Waals surface area (Å²) < 4.78 is 1.39. The smallest absolute Gasteiger partial charge is 0.253 e. The highest BCUT2D eigenvalue weighted by Gasteiger charge is 2.21. The standard InChI is InChI=1S/C19H24N4O2/c1-2-6-16-13-18(24)23(15-20-16)14-19(25)22-11-9-21(10-12-22)17-7-4-3-5-8-17/h3-5,7-8,13,15H,2,6,9-12,14H2,1H3. The van der Waals surface area contributed by atoms with Crippen LogP contribution in [0.3, 0.4) is 0 Å². The fraction of sp³-hybridized carbons (Fsp3) is 0.421. The van der Waals surface area contributed by atoms with E-state index < -0.39 is 0 Å². The van der Waals surface area contributed by atoms with Crippen molar-refractivity contribution in [2.45, 2.75) is 26.3 Å². The van der Waals surface area contributed by atoms with Crippen LogP contribution in [0.1, 0.15) is 19.0 Å². The first-order valence-corrected chi connectivity index (χ1v) is 8.80. The van der Waals surface area contributed by atoms with E-state index in [0.29, 0.717) is 13.1 Å². The van der Waals surface area contributed by atoms with Gasteiger partial charge >= 0.3 is 0 Å². The second-order valence-electron chi connectivity index (χ2n) is 6.30. The number of aryl methyl sites for hydroxylation is 1. The van der Waals surface area contributed by atoms with Gasteiger partial charge in [0.15, 0.2) is 0 Å². The van der Waals surface area contributed by atoms with E-state index in [1.165, 1.54) is 22.6 Å². The molecule has 132 valence electrons. The van der Waals surface area contributed by atoms with Crippen LogP contribution in [0.2, 0.25) is 0 Å². The summed E-state index contributed by atoms with van der Waals surface area (Å²) in [5.74, 6) is -0.0279. The summed E-state index contributed by atoms with van der Waals surface area (Å²) in [5, 5.41) is 0. The lowest BCUT2D eigenvalue weighted by Gasteiger charge is -2.36. The third-order valence-corrected chi connectivity index (χ3v) is 4.50. The average Bonchev–Trinajstić information content (AvgIpc) is 2.65. The van der Waals surface area contributed by atoms with Crippen LogP contribution < -0.4 is 10.5 Å². The molecule has 6 nitrogen and oxygen atoms in total. The van der Waals surface area contributed by atoms with E-state index in [2.05, 4.69) is 22.0 Å². The van der Waals surface area contributed by atoms with Crippen molar-refractivity contribution >= 4 is 11.6 Å². The first-order chi connectivity index (χ1) is 12.2. The van der Waals surface area contributed by atoms with Gasteiger partial charge in [-0.15, -0.1) is 0 Å². The molecule has 1 fully saturated rings. The zero-order valence-corrected chi connectivity index (χ0v) is 14.6. The predicted octanol–water partition coefficient (Wildman–Crippen LogP) is 1.54. The summed E-state index contributed by atoms with van der Waals surface area (Å²) in [6.45, 7) is 5.06. The molecule has 2 aromatic rings. The Bertz CT molecular complexity index is 764. The molecular weight excluding hydrogens is 316 g/mol. The van der Waals surface area contributed by atoms with Crippen molar-refractivity contribution in [1.29, 1.82) is 0 Å². The first kappa shape index (κ1) is 17.2. The maximum atomic E-state index is 12.5. The monoisotopic (exact) mass is 340 g/mol. The number of piperazine rings is 1. The van der Waals surface area contributed by atoms with Gasteiger partial charge in [-0.1, -0.05) is 31.5 Å². The van der Waals surface area contributed by atoms with E-state index in [1.807, 2.05) is 30.0 Å². The van der Waals surface area contributed by atoms with Gasteiger partial charge in [0.2, 0.25) is 5.91 Å². The lowest BCUT2D eigenvalue weighted by molar-refractivity contribution is -0.132. The highest BCUT2D eigenvalue weighted by molar-refractivity contribution is 5.76. The Morgan fingerprint density at radius 1 is 1.12 bits per heavy atom. The van der Waals surface area contributed by atoms with Gasteiger partial charge in [-0.25, -0.2) is 4.98 Å². The summed E-state index contributed by atoms with van der Waals surface area (Å²) in [4.78, 5) is 33.0. The molecule has 1 amide bonds. The van der Waals surface area contributed by atoms with Gasteiger partial charge in [-0.05, 0) is 18.6 Å². The largest absolute Gasteiger partial charge is 0.368 e. The summed E-state index contributed by atoms with van der Waals surface area (Å²) >= 11 is 0. The molecule has 3 rings (SSSR count).